The Labute approximate surface area is 124 Å². The summed E-state index contributed by atoms with van der Waals surface area (Å²) in [7, 11) is 1.67. The molecule has 0 radical (unpaired) electrons. The van der Waals surface area contributed by atoms with Crippen LogP contribution in [0.3, 0.4) is 0 Å². The van der Waals surface area contributed by atoms with Gasteiger partial charge in [-0.3, -0.25) is 4.79 Å². The molecular weight excluding hydrogens is 266 g/mol. The van der Waals surface area contributed by atoms with Crippen molar-refractivity contribution in [2.75, 3.05) is 13.7 Å². The van der Waals surface area contributed by atoms with Crippen molar-refractivity contribution in [1.29, 1.82) is 0 Å². The number of methoxy groups -OCH3 is 1. The zero-order valence-corrected chi connectivity index (χ0v) is 12.7. The molecule has 1 saturated carbocycles. The minimum Gasteiger partial charge on any atom is -0.383 e. The van der Waals surface area contributed by atoms with Gasteiger partial charge >= 0.3 is 0 Å². The largest absolute Gasteiger partial charge is 0.383 e. The van der Waals surface area contributed by atoms with E-state index in [2.05, 4.69) is 10.3 Å². The van der Waals surface area contributed by atoms with Crippen molar-refractivity contribution in [3.05, 3.63) is 35.3 Å². The SMILES string of the molecule is COCC(NC(=O)c1ccn2c(C)cc(C)nc12)C1CC1. The Hall–Kier alpha value is -1.88. The summed E-state index contributed by atoms with van der Waals surface area (Å²) in [6, 6.07) is 3.94. The summed E-state index contributed by atoms with van der Waals surface area (Å²) in [6.45, 7) is 4.52. The molecule has 1 fully saturated rings. The minimum absolute atomic E-state index is 0.0658. The molecule has 0 aliphatic heterocycles. The third-order valence-electron chi connectivity index (χ3n) is 4.04. The Morgan fingerprint density at radius 2 is 2.29 bits per heavy atom. The molecule has 1 aliphatic carbocycles. The van der Waals surface area contributed by atoms with E-state index >= 15 is 0 Å². The van der Waals surface area contributed by atoms with Crippen molar-refractivity contribution >= 4 is 11.6 Å². The Bertz CT molecular complexity index is 673. The van der Waals surface area contributed by atoms with Crippen molar-refractivity contribution in [3.8, 4) is 0 Å². The highest BCUT2D eigenvalue weighted by molar-refractivity contribution is 6.00. The second kappa shape index (κ2) is 5.48. The number of ether oxygens (including phenoxy) is 1. The molecule has 21 heavy (non-hydrogen) atoms. The molecule has 112 valence electrons. The van der Waals surface area contributed by atoms with Crippen LogP contribution in [0.2, 0.25) is 0 Å². The fourth-order valence-electron chi connectivity index (χ4n) is 2.79. The number of carbonyl (C=O) groups excluding carboxylic acids is 1. The molecule has 0 saturated heterocycles. The first-order chi connectivity index (χ1) is 10.1. The average Bonchev–Trinajstić information content (AvgIpc) is 3.18. The number of hydrogen-bond acceptors (Lipinski definition) is 3. The highest BCUT2D eigenvalue weighted by Crippen LogP contribution is 2.33. The van der Waals surface area contributed by atoms with E-state index in [-0.39, 0.29) is 11.9 Å². The number of amides is 1. The monoisotopic (exact) mass is 287 g/mol. The standard InChI is InChI=1S/C16H21N3O2/c1-10-8-11(2)19-7-6-13(15(19)17-10)16(20)18-14(9-21-3)12-4-5-12/h6-8,12,14H,4-5,9H2,1-3H3,(H,18,20). The summed E-state index contributed by atoms with van der Waals surface area (Å²) in [5.41, 5.74) is 3.34. The van der Waals surface area contributed by atoms with E-state index in [4.69, 9.17) is 4.74 Å². The Morgan fingerprint density at radius 3 is 2.95 bits per heavy atom. The van der Waals surface area contributed by atoms with Gasteiger partial charge in [-0.1, -0.05) is 0 Å². The lowest BCUT2D eigenvalue weighted by Crippen LogP contribution is -2.39. The van der Waals surface area contributed by atoms with Crippen LogP contribution >= 0.6 is 0 Å². The van der Waals surface area contributed by atoms with Crippen LogP contribution in [-0.4, -0.2) is 35.1 Å². The van der Waals surface area contributed by atoms with Crippen molar-refractivity contribution in [1.82, 2.24) is 14.7 Å². The molecule has 1 N–H and O–H groups in total. The average molecular weight is 287 g/mol. The molecule has 0 aromatic carbocycles. The van der Waals surface area contributed by atoms with Gasteiger partial charge in [0.1, 0.15) is 5.65 Å². The molecular formula is C16H21N3O2. The second-order valence-corrected chi connectivity index (χ2v) is 5.83. The van der Waals surface area contributed by atoms with Gasteiger partial charge in [0.2, 0.25) is 0 Å². The number of carbonyl (C=O) groups is 1. The first kappa shape index (κ1) is 14.1. The predicted molar refractivity (Wildman–Crippen MR) is 80.5 cm³/mol. The van der Waals surface area contributed by atoms with Crippen LogP contribution in [0.4, 0.5) is 0 Å². The quantitative estimate of drug-likeness (QED) is 0.916. The lowest BCUT2D eigenvalue weighted by Gasteiger charge is -2.17. The smallest absolute Gasteiger partial charge is 0.255 e. The molecule has 3 rings (SSSR count). The van der Waals surface area contributed by atoms with Gasteiger partial charge in [0.15, 0.2) is 0 Å². The molecule has 5 nitrogen and oxygen atoms in total. The van der Waals surface area contributed by atoms with Gasteiger partial charge in [0.25, 0.3) is 5.91 Å². The lowest BCUT2D eigenvalue weighted by atomic mass is 10.2. The molecule has 2 aromatic rings. The van der Waals surface area contributed by atoms with E-state index in [0.717, 1.165) is 17.0 Å². The van der Waals surface area contributed by atoms with Crippen molar-refractivity contribution in [2.45, 2.75) is 32.7 Å². The van der Waals surface area contributed by atoms with E-state index in [1.807, 2.05) is 36.6 Å². The third kappa shape index (κ3) is 2.78. The Balaban J connectivity index is 1.87. The first-order valence-electron chi connectivity index (χ1n) is 7.35. The van der Waals surface area contributed by atoms with Gasteiger partial charge in [-0.15, -0.1) is 0 Å². The van der Waals surface area contributed by atoms with Gasteiger partial charge in [-0.25, -0.2) is 4.98 Å². The van der Waals surface area contributed by atoms with Crippen molar-refractivity contribution < 1.29 is 9.53 Å². The van der Waals surface area contributed by atoms with Crippen LogP contribution in [0.15, 0.2) is 18.3 Å². The zero-order chi connectivity index (χ0) is 15.0. The highest BCUT2D eigenvalue weighted by atomic mass is 16.5. The van der Waals surface area contributed by atoms with E-state index in [9.17, 15) is 4.79 Å². The summed E-state index contributed by atoms with van der Waals surface area (Å²) in [5, 5.41) is 3.10. The molecule has 1 unspecified atom stereocenters. The number of nitrogens with one attached hydrogen (secondary N) is 1. The molecule has 2 heterocycles. The third-order valence-corrected chi connectivity index (χ3v) is 4.04. The number of rotatable bonds is 5. The lowest BCUT2D eigenvalue weighted by molar-refractivity contribution is 0.0885. The summed E-state index contributed by atoms with van der Waals surface area (Å²) in [4.78, 5) is 17.0. The van der Waals surface area contributed by atoms with Crippen LogP contribution in [0.1, 0.15) is 34.6 Å². The molecule has 1 atom stereocenters. The number of aromatic nitrogens is 2. The highest BCUT2D eigenvalue weighted by Gasteiger charge is 2.32. The number of aryl methyl sites for hydroxylation is 2. The second-order valence-electron chi connectivity index (χ2n) is 5.83. The number of nitrogens with zero attached hydrogens (tertiary/aromatic N) is 2. The molecule has 1 aliphatic rings. The van der Waals surface area contributed by atoms with E-state index in [1.165, 1.54) is 12.8 Å². The normalized spacial score (nSPS) is 16.1. The van der Waals surface area contributed by atoms with Crippen LogP contribution in [0.5, 0.6) is 0 Å². The van der Waals surface area contributed by atoms with E-state index < -0.39 is 0 Å². The van der Waals surface area contributed by atoms with Crippen LogP contribution in [0, 0.1) is 19.8 Å². The summed E-state index contributed by atoms with van der Waals surface area (Å²) in [6.07, 6.45) is 4.23. The number of hydrogen-bond donors (Lipinski definition) is 1. The van der Waals surface area contributed by atoms with Gasteiger partial charge in [0, 0.05) is 24.7 Å². The van der Waals surface area contributed by atoms with Gasteiger partial charge < -0.3 is 14.5 Å². The zero-order valence-electron chi connectivity index (χ0n) is 12.7. The van der Waals surface area contributed by atoms with Crippen LogP contribution in [0.25, 0.3) is 5.65 Å². The van der Waals surface area contributed by atoms with Crippen molar-refractivity contribution in [3.63, 3.8) is 0 Å². The minimum atomic E-state index is -0.0658. The molecule has 2 aromatic heterocycles. The van der Waals surface area contributed by atoms with Crippen molar-refractivity contribution in [2.24, 2.45) is 5.92 Å². The summed E-state index contributed by atoms with van der Waals surface area (Å²) < 4.78 is 7.16. The molecule has 0 bridgehead atoms. The topological polar surface area (TPSA) is 55.6 Å². The maximum Gasteiger partial charge on any atom is 0.255 e. The van der Waals surface area contributed by atoms with Gasteiger partial charge in [0.05, 0.1) is 18.2 Å². The van der Waals surface area contributed by atoms with Gasteiger partial charge in [-0.05, 0) is 44.7 Å². The van der Waals surface area contributed by atoms with Crippen LogP contribution < -0.4 is 5.32 Å². The predicted octanol–water partition coefficient (Wildman–Crippen LogP) is 2.11. The van der Waals surface area contributed by atoms with E-state index in [0.29, 0.717) is 18.1 Å². The number of fused-ring (bicyclic) bond motifs is 1. The van der Waals surface area contributed by atoms with Crippen LogP contribution in [-0.2, 0) is 4.74 Å². The maximum absolute atomic E-state index is 12.5. The molecule has 5 heteroatoms. The maximum atomic E-state index is 12.5. The Morgan fingerprint density at radius 1 is 1.52 bits per heavy atom. The fourth-order valence-corrected chi connectivity index (χ4v) is 2.79. The molecule has 1 amide bonds. The molecule has 0 spiro atoms. The fraction of sp³-hybridized carbons (Fsp3) is 0.500. The van der Waals surface area contributed by atoms with Gasteiger partial charge in [-0.2, -0.15) is 0 Å². The Kier molecular flexibility index (Phi) is 3.68. The first-order valence-corrected chi connectivity index (χ1v) is 7.35. The van der Waals surface area contributed by atoms with E-state index in [1.54, 1.807) is 7.11 Å². The summed E-state index contributed by atoms with van der Waals surface area (Å²) in [5.74, 6) is 0.489. The summed E-state index contributed by atoms with van der Waals surface area (Å²) >= 11 is 0.